The molecule has 33 heavy (non-hydrogen) atoms. The molecule has 1 fully saturated rings. The van der Waals surface area contributed by atoms with E-state index < -0.39 is 0 Å². The topological polar surface area (TPSA) is 64.6 Å². The monoisotopic (exact) mass is 453 g/mol. The lowest BCUT2D eigenvalue weighted by molar-refractivity contribution is 0.0624. The van der Waals surface area contributed by atoms with Crippen LogP contribution in [0.4, 0.5) is 0 Å². The maximum atomic E-state index is 13.4. The summed E-state index contributed by atoms with van der Waals surface area (Å²) in [5.41, 5.74) is 3.29. The number of amides is 1. The summed E-state index contributed by atoms with van der Waals surface area (Å²) in [5, 5.41) is 9.40. The predicted octanol–water partition coefficient (Wildman–Crippen LogP) is 4.32. The Hall–Kier alpha value is -3.60. The van der Waals surface area contributed by atoms with Crippen LogP contribution in [0, 0.1) is 11.3 Å². The number of rotatable bonds is 5. The van der Waals surface area contributed by atoms with Gasteiger partial charge in [0, 0.05) is 54.9 Å². The van der Waals surface area contributed by atoms with E-state index in [1.807, 2.05) is 76.2 Å². The van der Waals surface area contributed by atoms with Gasteiger partial charge in [-0.1, -0.05) is 42.1 Å². The number of carbonyl (C=O) groups is 1. The molecule has 2 aromatic carbocycles. The molecule has 0 radical (unpaired) electrons. The molecule has 1 aliphatic heterocycles. The first kappa shape index (κ1) is 21.3. The highest BCUT2D eigenvalue weighted by atomic mass is 32.2. The number of imidazole rings is 1. The van der Waals surface area contributed by atoms with Crippen molar-refractivity contribution in [2.75, 3.05) is 26.2 Å². The molecule has 6 nitrogen and oxygen atoms in total. The highest BCUT2D eigenvalue weighted by Gasteiger charge is 2.24. The molecule has 0 spiro atoms. The Kier molecular flexibility index (Phi) is 6.11. The largest absolute Gasteiger partial charge is 0.336 e. The second kappa shape index (κ2) is 9.49. The summed E-state index contributed by atoms with van der Waals surface area (Å²) in [6.45, 7) is 3.76. The van der Waals surface area contributed by atoms with Crippen molar-refractivity contribution in [3.8, 4) is 6.07 Å². The predicted molar refractivity (Wildman–Crippen MR) is 128 cm³/mol. The van der Waals surface area contributed by atoms with Gasteiger partial charge >= 0.3 is 0 Å². The van der Waals surface area contributed by atoms with Gasteiger partial charge in [0.15, 0.2) is 0 Å². The Morgan fingerprint density at radius 3 is 2.45 bits per heavy atom. The smallest absolute Gasteiger partial charge is 0.255 e. The van der Waals surface area contributed by atoms with Gasteiger partial charge in [-0.05, 0) is 36.4 Å². The highest BCUT2D eigenvalue weighted by Crippen LogP contribution is 2.33. The van der Waals surface area contributed by atoms with E-state index in [-0.39, 0.29) is 5.91 Å². The van der Waals surface area contributed by atoms with Crippen LogP contribution in [0.3, 0.4) is 0 Å². The Bertz CT molecular complexity index is 1300. The van der Waals surface area contributed by atoms with Crippen molar-refractivity contribution < 1.29 is 4.79 Å². The van der Waals surface area contributed by atoms with Crippen molar-refractivity contribution in [3.05, 3.63) is 95.9 Å². The van der Waals surface area contributed by atoms with Crippen LogP contribution in [-0.4, -0.2) is 51.3 Å². The molecule has 0 bridgehead atoms. The third-order valence-corrected chi connectivity index (χ3v) is 6.96. The number of fused-ring (bicyclic) bond motifs is 1. The molecule has 0 unspecified atom stereocenters. The molecule has 1 amide bonds. The SMILES string of the molecule is N#Cc1ccccc1Sc1ccccc1C(=O)N1CCN(Cc2cn3ccccc3n2)CC1. The summed E-state index contributed by atoms with van der Waals surface area (Å²) in [7, 11) is 0. The second-order valence-corrected chi connectivity index (χ2v) is 9.06. The normalized spacial score (nSPS) is 14.3. The molecule has 0 atom stereocenters. The number of aromatic nitrogens is 2. The van der Waals surface area contributed by atoms with E-state index in [0.29, 0.717) is 24.2 Å². The van der Waals surface area contributed by atoms with Gasteiger partial charge in [-0.25, -0.2) is 4.98 Å². The Morgan fingerprint density at radius 2 is 1.67 bits per heavy atom. The van der Waals surface area contributed by atoms with Crippen molar-refractivity contribution in [2.45, 2.75) is 16.3 Å². The van der Waals surface area contributed by atoms with Crippen LogP contribution in [-0.2, 0) is 6.54 Å². The number of carbonyl (C=O) groups excluding carboxylic acids is 1. The minimum atomic E-state index is 0.0416. The molecule has 0 saturated carbocycles. The standard InChI is InChI=1S/C26H23N5OS/c27-17-20-7-1-3-9-23(20)33-24-10-4-2-8-22(24)26(32)30-15-13-29(14-16-30)18-21-19-31-12-6-5-11-25(31)28-21/h1-12,19H,13-16,18H2. The molecular formula is C26H23N5OS. The summed E-state index contributed by atoms with van der Waals surface area (Å²) in [5.74, 6) is 0.0416. The van der Waals surface area contributed by atoms with Gasteiger partial charge in [0.25, 0.3) is 5.91 Å². The van der Waals surface area contributed by atoms with Gasteiger partial charge in [0.05, 0.1) is 16.8 Å². The van der Waals surface area contributed by atoms with Crippen molar-refractivity contribution in [3.63, 3.8) is 0 Å². The summed E-state index contributed by atoms with van der Waals surface area (Å²) >= 11 is 1.47. The van der Waals surface area contributed by atoms with E-state index in [1.165, 1.54) is 11.8 Å². The molecule has 3 heterocycles. The van der Waals surface area contributed by atoms with Crippen LogP contribution >= 0.6 is 11.8 Å². The average Bonchev–Trinajstić information content (AvgIpc) is 3.27. The number of hydrogen-bond donors (Lipinski definition) is 0. The van der Waals surface area contributed by atoms with Crippen molar-refractivity contribution in [1.82, 2.24) is 19.2 Å². The maximum absolute atomic E-state index is 13.4. The fourth-order valence-corrected chi connectivity index (χ4v) is 5.09. The number of piperazine rings is 1. The van der Waals surface area contributed by atoms with E-state index in [9.17, 15) is 10.1 Å². The number of hydrogen-bond acceptors (Lipinski definition) is 5. The lowest BCUT2D eigenvalue weighted by Crippen LogP contribution is -2.48. The van der Waals surface area contributed by atoms with E-state index in [0.717, 1.165) is 40.8 Å². The first-order valence-electron chi connectivity index (χ1n) is 10.9. The molecule has 0 N–H and O–H groups in total. The molecule has 4 aromatic rings. The van der Waals surface area contributed by atoms with E-state index in [1.54, 1.807) is 6.07 Å². The molecule has 2 aromatic heterocycles. The zero-order chi connectivity index (χ0) is 22.6. The van der Waals surface area contributed by atoms with Crippen LogP contribution in [0.5, 0.6) is 0 Å². The molecule has 0 aliphatic carbocycles. The van der Waals surface area contributed by atoms with E-state index in [4.69, 9.17) is 0 Å². The number of nitriles is 1. The third kappa shape index (κ3) is 4.63. The summed E-state index contributed by atoms with van der Waals surface area (Å²) in [4.78, 5) is 24.1. The zero-order valence-electron chi connectivity index (χ0n) is 18.1. The average molecular weight is 454 g/mol. The van der Waals surface area contributed by atoms with Crippen molar-refractivity contribution >= 4 is 23.3 Å². The minimum absolute atomic E-state index is 0.0416. The third-order valence-electron chi connectivity index (χ3n) is 5.80. The number of nitrogens with zero attached hydrogens (tertiary/aromatic N) is 5. The van der Waals surface area contributed by atoms with E-state index in [2.05, 4.69) is 22.1 Å². The highest BCUT2D eigenvalue weighted by molar-refractivity contribution is 7.99. The van der Waals surface area contributed by atoms with Gasteiger partial charge < -0.3 is 9.30 Å². The number of benzene rings is 2. The molecule has 164 valence electrons. The summed E-state index contributed by atoms with van der Waals surface area (Å²) < 4.78 is 2.04. The first-order valence-corrected chi connectivity index (χ1v) is 11.7. The van der Waals surface area contributed by atoms with Gasteiger partial charge in [-0.3, -0.25) is 9.69 Å². The molecule has 1 saturated heterocycles. The second-order valence-electron chi connectivity index (χ2n) is 7.97. The summed E-state index contributed by atoms with van der Waals surface area (Å²) in [6.07, 6.45) is 4.08. The molecular weight excluding hydrogens is 430 g/mol. The quantitative estimate of drug-likeness (QED) is 0.450. The summed E-state index contributed by atoms with van der Waals surface area (Å²) in [6, 6.07) is 23.4. The minimum Gasteiger partial charge on any atom is -0.336 e. The van der Waals surface area contributed by atoms with Crippen LogP contribution in [0.15, 0.2) is 88.9 Å². The van der Waals surface area contributed by atoms with Gasteiger partial charge in [-0.2, -0.15) is 5.26 Å². The van der Waals surface area contributed by atoms with Crippen LogP contribution in [0.25, 0.3) is 5.65 Å². The van der Waals surface area contributed by atoms with Crippen LogP contribution in [0.1, 0.15) is 21.6 Å². The fraction of sp³-hybridized carbons (Fsp3) is 0.192. The molecule has 5 rings (SSSR count). The van der Waals surface area contributed by atoms with Gasteiger partial charge in [-0.15, -0.1) is 0 Å². The zero-order valence-corrected chi connectivity index (χ0v) is 18.9. The lowest BCUT2D eigenvalue weighted by Gasteiger charge is -2.34. The number of pyridine rings is 1. The lowest BCUT2D eigenvalue weighted by atomic mass is 10.1. The Balaban J connectivity index is 1.25. The van der Waals surface area contributed by atoms with E-state index >= 15 is 0 Å². The van der Waals surface area contributed by atoms with Crippen molar-refractivity contribution in [2.24, 2.45) is 0 Å². The van der Waals surface area contributed by atoms with Gasteiger partial charge in [0.2, 0.25) is 0 Å². The van der Waals surface area contributed by atoms with Crippen LogP contribution in [0.2, 0.25) is 0 Å². The Labute approximate surface area is 197 Å². The Morgan fingerprint density at radius 1 is 0.939 bits per heavy atom. The van der Waals surface area contributed by atoms with Crippen molar-refractivity contribution in [1.29, 1.82) is 5.26 Å². The van der Waals surface area contributed by atoms with Crippen LogP contribution < -0.4 is 0 Å². The van der Waals surface area contributed by atoms with Gasteiger partial charge in [0.1, 0.15) is 11.7 Å². The fourth-order valence-electron chi connectivity index (χ4n) is 4.07. The first-order chi connectivity index (χ1) is 16.2. The molecule has 1 aliphatic rings. The maximum Gasteiger partial charge on any atom is 0.255 e. The molecule has 7 heteroatoms.